The number of allylic oxidation sites excluding steroid dienone is 1. The van der Waals surface area contributed by atoms with E-state index in [0.717, 1.165) is 11.1 Å². The highest BCUT2D eigenvalue weighted by Gasteiger charge is 2.03. The molecule has 0 aromatic heterocycles. The van der Waals surface area contributed by atoms with Crippen LogP contribution in [0.2, 0.25) is 0 Å². The van der Waals surface area contributed by atoms with Crippen LogP contribution in [-0.4, -0.2) is 12.9 Å². The van der Waals surface area contributed by atoms with Gasteiger partial charge in [-0.05, 0) is 34.9 Å². The number of carbonyl (C=O) groups is 1. The van der Waals surface area contributed by atoms with Crippen LogP contribution in [0, 0.1) is 0 Å². The third-order valence-electron chi connectivity index (χ3n) is 3.80. The van der Waals surface area contributed by atoms with Crippen molar-refractivity contribution in [2.24, 2.45) is 0 Å². The van der Waals surface area contributed by atoms with Crippen LogP contribution in [0.4, 0.5) is 0 Å². The third kappa shape index (κ3) is 3.79. The Morgan fingerprint density at radius 1 is 0.833 bits per heavy atom. The largest absolute Gasteiger partial charge is 0.497 e. The lowest BCUT2D eigenvalue weighted by molar-refractivity contribution is 0.104. The average Bonchev–Trinajstić information content (AvgIpc) is 2.67. The fraction of sp³-hybridized carbons (Fsp3) is 0.0455. The van der Waals surface area contributed by atoms with E-state index in [1.165, 1.54) is 5.56 Å². The van der Waals surface area contributed by atoms with Gasteiger partial charge in [-0.3, -0.25) is 4.79 Å². The molecular weight excluding hydrogens is 296 g/mol. The quantitative estimate of drug-likeness (QED) is 0.474. The van der Waals surface area contributed by atoms with Crippen LogP contribution < -0.4 is 4.74 Å². The molecule has 2 nitrogen and oxygen atoms in total. The maximum atomic E-state index is 12.2. The van der Waals surface area contributed by atoms with Gasteiger partial charge >= 0.3 is 0 Å². The predicted octanol–water partition coefficient (Wildman–Crippen LogP) is 5.26. The lowest BCUT2D eigenvalue weighted by Crippen LogP contribution is -1.94. The van der Waals surface area contributed by atoms with Gasteiger partial charge in [-0.15, -0.1) is 0 Å². The van der Waals surface area contributed by atoms with Crippen LogP contribution in [0.3, 0.4) is 0 Å². The van der Waals surface area contributed by atoms with Crippen LogP contribution in [0.25, 0.3) is 17.2 Å². The molecule has 3 aromatic carbocycles. The first-order valence-corrected chi connectivity index (χ1v) is 7.78. The minimum absolute atomic E-state index is 0.0407. The molecule has 24 heavy (non-hydrogen) atoms. The van der Waals surface area contributed by atoms with E-state index in [1.54, 1.807) is 25.3 Å². The summed E-state index contributed by atoms with van der Waals surface area (Å²) < 4.78 is 5.15. The second-order valence-corrected chi connectivity index (χ2v) is 5.42. The smallest absolute Gasteiger partial charge is 0.185 e. The van der Waals surface area contributed by atoms with Crippen molar-refractivity contribution in [1.82, 2.24) is 0 Å². The molecular formula is C22H18O2. The van der Waals surface area contributed by atoms with Crippen molar-refractivity contribution in [3.63, 3.8) is 0 Å². The molecule has 0 spiro atoms. The summed E-state index contributed by atoms with van der Waals surface area (Å²) in [5.74, 6) is 0.641. The Kier molecular flexibility index (Phi) is 4.87. The lowest BCUT2D eigenvalue weighted by Gasteiger charge is -2.02. The van der Waals surface area contributed by atoms with E-state index in [1.807, 2.05) is 48.5 Å². The molecule has 0 fully saturated rings. The standard InChI is InChI=1S/C22H18O2/c1-24-21-9-5-8-20(16-21)22(23)15-12-17-10-13-19(14-11-17)18-6-3-2-4-7-18/h2-16H,1H3. The van der Waals surface area contributed by atoms with E-state index in [-0.39, 0.29) is 5.78 Å². The minimum atomic E-state index is -0.0407. The number of carbonyl (C=O) groups excluding carboxylic acids is 1. The van der Waals surface area contributed by atoms with Crippen molar-refractivity contribution < 1.29 is 9.53 Å². The summed E-state index contributed by atoms with van der Waals surface area (Å²) >= 11 is 0. The molecule has 0 aliphatic rings. The molecule has 0 bridgehead atoms. The minimum Gasteiger partial charge on any atom is -0.497 e. The molecule has 0 saturated heterocycles. The monoisotopic (exact) mass is 314 g/mol. The van der Waals surface area contributed by atoms with E-state index in [9.17, 15) is 4.79 Å². The van der Waals surface area contributed by atoms with E-state index in [2.05, 4.69) is 24.3 Å². The third-order valence-corrected chi connectivity index (χ3v) is 3.80. The molecule has 3 aromatic rings. The zero-order valence-electron chi connectivity index (χ0n) is 13.5. The highest BCUT2D eigenvalue weighted by Crippen LogP contribution is 2.20. The highest BCUT2D eigenvalue weighted by atomic mass is 16.5. The second-order valence-electron chi connectivity index (χ2n) is 5.42. The molecule has 0 aliphatic heterocycles. The van der Waals surface area contributed by atoms with Crippen molar-refractivity contribution >= 4 is 11.9 Å². The predicted molar refractivity (Wildman–Crippen MR) is 98.2 cm³/mol. The maximum absolute atomic E-state index is 12.2. The molecule has 0 radical (unpaired) electrons. The molecule has 0 aliphatic carbocycles. The topological polar surface area (TPSA) is 26.3 Å². The molecule has 0 N–H and O–H groups in total. The summed E-state index contributed by atoms with van der Waals surface area (Å²) in [7, 11) is 1.59. The Bertz CT molecular complexity index is 847. The Hall–Kier alpha value is -3.13. The molecule has 118 valence electrons. The second kappa shape index (κ2) is 7.42. The first kappa shape index (κ1) is 15.8. The SMILES string of the molecule is COc1cccc(C(=O)C=Cc2ccc(-c3ccccc3)cc2)c1. The summed E-state index contributed by atoms with van der Waals surface area (Å²) in [6.07, 6.45) is 3.42. The summed E-state index contributed by atoms with van der Waals surface area (Å²) in [5, 5.41) is 0. The Morgan fingerprint density at radius 2 is 1.54 bits per heavy atom. The van der Waals surface area contributed by atoms with E-state index < -0.39 is 0 Å². The number of hydrogen-bond donors (Lipinski definition) is 0. The van der Waals surface area contributed by atoms with Gasteiger partial charge < -0.3 is 4.74 Å². The molecule has 0 heterocycles. The lowest BCUT2D eigenvalue weighted by atomic mass is 10.0. The molecule has 0 atom stereocenters. The van der Waals surface area contributed by atoms with Gasteiger partial charge in [0.25, 0.3) is 0 Å². The van der Waals surface area contributed by atoms with E-state index in [4.69, 9.17) is 4.74 Å². The van der Waals surface area contributed by atoms with Gasteiger partial charge in [-0.25, -0.2) is 0 Å². The summed E-state index contributed by atoms with van der Waals surface area (Å²) in [5.41, 5.74) is 3.95. The zero-order valence-corrected chi connectivity index (χ0v) is 13.5. The van der Waals surface area contributed by atoms with E-state index >= 15 is 0 Å². The van der Waals surface area contributed by atoms with Gasteiger partial charge in [-0.1, -0.05) is 72.8 Å². The van der Waals surface area contributed by atoms with E-state index in [0.29, 0.717) is 11.3 Å². The summed E-state index contributed by atoms with van der Waals surface area (Å²) in [6.45, 7) is 0. The molecule has 0 saturated carbocycles. The van der Waals surface area contributed by atoms with Crippen LogP contribution in [0.5, 0.6) is 5.75 Å². The van der Waals surface area contributed by atoms with Gasteiger partial charge in [0.15, 0.2) is 5.78 Å². The Balaban J connectivity index is 1.73. The number of ketones is 1. The molecule has 0 unspecified atom stereocenters. The van der Waals surface area contributed by atoms with Crippen LogP contribution in [0.1, 0.15) is 15.9 Å². The first-order valence-electron chi connectivity index (χ1n) is 7.78. The van der Waals surface area contributed by atoms with Crippen LogP contribution >= 0.6 is 0 Å². The van der Waals surface area contributed by atoms with Gasteiger partial charge in [0.2, 0.25) is 0 Å². The molecule has 2 heteroatoms. The fourth-order valence-electron chi connectivity index (χ4n) is 2.46. The normalized spacial score (nSPS) is 10.7. The number of rotatable bonds is 5. The number of methoxy groups -OCH3 is 1. The summed E-state index contributed by atoms with van der Waals surface area (Å²) in [4.78, 5) is 12.2. The Labute approximate surface area is 142 Å². The molecule has 3 rings (SSSR count). The van der Waals surface area contributed by atoms with Gasteiger partial charge in [0, 0.05) is 5.56 Å². The van der Waals surface area contributed by atoms with Gasteiger partial charge in [0.1, 0.15) is 5.75 Å². The van der Waals surface area contributed by atoms with Crippen LogP contribution in [0.15, 0.2) is 84.9 Å². The first-order chi connectivity index (χ1) is 11.8. The van der Waals surface area contributed by atoms with Crippen molar-refractivity contribution in [2.45, 2.75) is 0 Å². The average molecular weight is 314 g/mol. The Morgan fingerprint density at radius 3 is 2.25 bits per heavy atom. The van der Waals surface area contributed by atoms with Crippen molar-refractivity contribution in [3.05, 3.63) is 96.1 Å². The van der Waals surface area contributed by atoms with Crippen LogP contribution in [-0.2, 0) is 0 Å². The van der Waals surface area contributed by atoms with Crippen molar-refractivity contribution in [2.75, 3.05) is 7.11 Å². The van der Waals surface area contributed by atoms with Crippen molar-refractivity contribution in [1.29, 1.82) is 0 Å². The fourth-order valence-corrected chi connectivity index (χ4v) is 2.46. The number of benzene rings is 3. The zero-order chi connectivity index (χ0) is 16.8. The summed E-state index contributed by atoms with van der Waals surface area (Å²) in [6, 6.07) is 25.5. The maximum Gasteiger partial charge on any atom is 0.185 e. The van der Waals surface area contributed by atoms with Gasteiger partial charge in [0.05, 0.1) is 7.11 Å². The number of ether oxygens (including phenoxy) is 1. The highest BCUT2D eigenvalue weighted by molar-refractivity contribution is 6.07. The molecule has 0 amide bonds. The van der Waals surface area contributed by atoms with Crippen molar-refractivity contribution in [3.8, 4) is 16.9 Å². The van der Waals surface area contributed by atoms with Gasteiger partial charge in [-0.2, -0.15) is 0 Å². The number of hydrogen-bond acceptors (Lipinski definition) is 2.